The van der Waals surface area contributed by atoms with E-state index in [4.69, 9.17) is 15.2 Å². The van der Waals surface area contributed by atoms with Gasteiger partial charge in [0, 0.05) is 35.6 Å². The van der Waals surface area contributed by atoms with Gasteiger partial charge >= 0.3 is 0 Å². The van der Waals surface area contributed by atoms with Crippen molar-refractivity contribution in [3.8, 4) is 17.4 Å². The summed E-state index contributed by atoms with van der Waals surface area (Å²) >= 11 is 0. The molecular formula is C11H13N3O2. The molecule has 5 heteroatoms. The molecule has 0 saturated carbocycles. The minimum atomic E-state index is 0.505. The van der Waals surface area contributed by atoms with E-state index in [1.165, 1.54) is 0 Å². The van der Waals surface area contributed by atoms with Crippen molar-refractivity contribution >= 4 is 5.69 Å². The van der Waals surface area contributed by atoms with E-state index in [0.29, 0.717) is 23.1 Å². The monoisotopic (exact) mass is 219 g/mol. The molecule has 84 valence electrons. The van der Waals surface area contributed by atoms with Crippen molar-refractivity contribution in [2.24, 2.45) is 0 Å². The summed E-state index contributed by atoms with van der Waals surface area (Å²) in [5, 5.41) is 6.76. The van der Waals surface area contributed by atoms with Gasteiger partial charge in [0.2, 0.25) is 5.88 Å². The van der Waals surface area contributed by atoms with Crippen LogP contribution in [0.1, 0.15) is 5.69 Å². The zero-order valence-corrected chi connectivity index (χ0v) is 9.15. The fourth-order valence-corrected chi connectivity index (χ4v) is 1.34. The Labute approximate surface area is 93.2 Å². The number of ether oxygens (including phenoxy) is 2. The molecule has 1 aromatic carbocycles. The van der Waals surface area contributed by atoms with Crippen molar-refractivity contribution < 1.29 is 9.47 Å². The normalized spacial score (nSPS) is 10.1. The molecule has 0 saturated heterocycles. The molecule has 0 bridgehead atoms. The van der Waals surface area contributed by atoms with Gasteiger partial charge in [-0.15, -0.1) is 5.10 Å². The largest absolute Gasteiger partial charge is 0.497 e. The highest BCUT2D eigenvalue weighted by Crippen LogP contribution is 2.27. The number of nitrogens with zero attached hydrogens (tertiary/aromatic N) is 1. The molecule has 3 N–H and O–H groups in total. The molecule has 0 atom stereocenters. The summed E-state index contributed by atoms with van der Waals surface area (Å²) in [6.45, 7) is 1.90. The fourth-order valence-electron chi connectivity index (χ4n) is 1.34. The Morgan fingerprint density at radius 2 is 1.94 bits per heavy atom. The Morgan fingerprint density at radius 1 is 1.19 bits per heavy atom. The number of hydrogen-bond acceptors (Lipinski definition) is 4. The van der Waals surface area contributed by atoms with E-state index in [2.05, 4.69) is 10.2 Å². The quantitative estimate of drug-likeness (QED) is 0.775. The Morgan fingerprint density at radius 3 is 2.56 bits per heavy atom. The smallest absolute Gasteiger partial charge is 0.238 e. The number of nitrogens with two attached hydrogens (primary N) is 1. The topological polar surface area (TPSA) is 73.2 Å². The summed E-state index contributed by atoms with van der Waals surface area (Å²) in [6, 6.07) is 6.99. The Bertz CT molecular complexity index is 494. The van der Waals surface area contributed by atoms with Crippen LogP contribution < -0.4 is 15.2 Å². The summed E-state index contributed by atoms with van der Waals surface area (Å²) < 4.78 is 10.6. The van der Waals surface area contributed by atoms with Crippen LogP contribution >= 0.6 is 0 Å². The van der Waals surface area contributed by atoms with Gasteiger partial charge in [0.1, 0.15) is 11.5 Å². The van der Waals surface area contributed by atoms with Crippen molar-refractivity contribution in [1.29, 1.82) is 0 Å². The van der Waals surface area contributed by atoms with E-state index in [1.807, 2.05) is 6.92 Å². The summed E-state index contributed by atoms with van der Waals surface area (Å²) in [5.41, 5.74) is 7.23. The number of H-pyrrole nitrogens is 1. The first-order chi connectivity index (χ1) is 7.67. The molecule has 0 aliphatic heterocycles. The number of benzene rings is 1. The molecule has 2 rings (SSSR count). The van der Waals surface area contributed by atoms with Gasteiger partial charge in [-0.05, 0) is 6.92 Å². The van der Waals surface area contributed by atoms with Crippen LogP contribution in [-0.4, -0.2) is 17.3 Å². The average Bonchev–Trinajstić information content (AvgIpc) is 2.63. The van der Waals surface area contributed by atoms with E-state index in [-0.39, 0.29) is 0 Å². The summed E-state index contributed by atoms with van der Waals surface area (Å²) in [6.07, 6.45) is 0. The van der Waals surface area contributed by atoms with Crippen LogP contribution in [0.4, 0.5) is 5.69 Å². The van der Waals surface area contributed by atoms with Crippen molar-refractivity contribution in [3.63, 3.8) is 0 Å². The maximum Gasteiger partial charge on any atom is 0.238 e. The van der Waals surface area contributed by atoms with E-state index in [9.17, 15) is 0 Å². The number of nitrogen functional groups attached to an aromatic ring is 1. The number of anilines is 1. The van der Waals surface area contributed by atoms with Gasteiger partial charge in [0.25, 0.3) is 0 Å². The van der Waals surface area contributed by atoms with Crippen LogP contribution in [0, 0.1) is 6.92 Å². The Kier molecular flexibility index (Phi) is 2.68. The highest BCUT2D eigenvalue weighted by molar-refractivity contribution is 5.51. The van der Waals surface area contributed by atoms with Gasteiger partial charge in [-0.25, -0.2) is 0 Å². The molecule has 0 spiro atoms. The number of aromatic nitrogens is 2. The lowest BCUT2D eigenvalue weighted by molar-refractivity contribution is 0.407. The SMILES string of the molecule is COc1cc(N)cc(Oc2cc(C)[nH]n2)c1. The molecule has 1 heterocycles. The second-order valence-electron chi connectivity index (χ2n) is 3.43. The zero-order chi connectivity index (χ0) is 11.5. The number of aryl methyl sites for hydroxylation is 1. The number of methoxy groups -OCH3 is 1. The lowest BCUT2D eigenvalue weighted by Crippen LogP contribution is -1.91. The highest BCUT2D eigenvalue weighted by Gasteiger charge is 2.04. The predicted octanol–water partition coefficient (Wildman–Crippen LogP) is 2.10. The first kappa shape index (κ1) is 10.4. The Balaban J connectivity index is 2.24. The highest BCUT2D eigenvalue weighted by atomic mass is 16.5. The molecule has 0 amide bonds. The molecule has 0 aliphatic carbocycles. The number of nitrogens with one attached hydrogen (secondary N) is 1. The van der Waals surface area contributed by atoms with Gasteiger partial charge in [-0.1, -0.05) is 0 Å². The molecule has 0 unspecified atom stereocenters. The van der Waals surface area contributed by atoms with E-state index in [1.54, 1.807) is 31.4 Å². The molecule has 5 nitrogen and oxygen atoms in total. The molecule has 16 heavy (non-hydrogen) atoms. The summed E-state index contributed by atoms with van der Waals surface area (Å²) in [7, 11) is 1.58. The van der Waals surface area contributed by atoms with Crippen LogP contribution in [0.15, 0.2) is 24.3 Å². The third-order valence-electron chi connectivity index (χ3n) is 2.04. The van der Waals surface area contributed by atoms with Crippen molar-refractivity contribution in [1.82, 2.24) is 10.2 Å². The van der Waals surface area contributed by atoms with Crippen molar-refractivity contribution in [2.75, 3.05) is 12.8 Å². The van der Waals surface area contributed by atoms with Crippen molar-refractivity contribution in [3.05, 3.63) is 30.0 Å². The second-order valence-corrected chi connectivity index (χ2v) is 3.43. The predicted molar refractivity (Wildman–Crippen MR) is 60.8 cm³/mol. The molecule has 2 aromatic rings. The fraction of sp³-hybridized carbons (Fsp3) is 0.182. The number of hydrogen-bond donors (Lipinski definition) is 2. The van der Waals surface area contributed by atoms with Gasteiger partial charge in [0.05, 0.1) is 7.11 Å². The number of rotatable bonds is 3. The Hall–Kier alpha value is -2.17. The minimum absolute atomic E-state index is 0.505. The summed E-state index contributed by atoms with van der Waals surface area (Å²) in [5.74, 6) is 1.76. The van der Waals surface area contributed by atoms with Gasteiger partial charge < -0.3 is 15.2 Å². The lowest BCUT2D eigenvalue weighted by atomic mass is 10.3. The maximum atomic E-state index is 5.71. The van der Waals surface area contributed by atoms with E-state index >= 15 is 0 Å². The molecule has 0 radical (unpaired) electrons. The second kappa shape index (κ2) is 4.14. The van der Waals surface area contributed by atoms with Gasteiger partial charge in [-0.2, -0.15) is 0 Å². The number of aromatic amines is 1. The molecule has 0 aliphatic rings. The first-order valence-corrected chi connectivity index (χ1v) is 4.82. The van der Waals surface area contributed by atoms with Crippen LogP contribution in [0.5, 0.6) is 17.4 Å². The standard InChI is InChI=1S/C11H13N3O2/c1-7-3-11(14-13-7)16-10-5-8(12)4-9(6-10)15-2/h3-6H,12H2,1-2H3,(H,13,14). The van der Waals surface area contributed by atoms with Gasteiger partial charge in [0.15, 0.2) is 0 Å². The average molecular weight is 219 g/mol. The molecule has 0 fully saturated rings. The van der Waals surface area contributed by atoms with Gasteiger partial charge in [-0.3, -0.25) is 5.10 Å². The summed E-state index contributed by atoms with van der Waals surface area (Å²) in [4.78, 5) is 0. The third kappa shape index (κ3) is 2.25. The minimum Gasteiger partial charge on any atom is -0.497 e. The van der Waals surface area contributed by atoms with Crippen LogP contribution in [0.25, 0.3) is 0 Å². The van der Waals surface area contributed by atoms with Crippen molar-refractivity contribution in [2.45, 2.75) is 6.92 Å². The van der Waals surface area contributed by atoms with E-state index in [0.717, 1.165) is 5.69 Å². The third-order valence-corrected chi connectivity index (χ3v) is 2.04. The lowest BCUT2D eigenvalue weighted by Gasteiger charge is -2.06. The maximum absolute atomic E-state index is 5.71. The van der Waals surface area contributed by atoms with Crippen LogP contribution in [0.2, 0.25) is 0 Å². The van der Waals surface area contributed by atoms with Crippen LogP contribution in [-0.2, 0) is 0 Å². The van der Waals surface area contributed by atoms with Crippen LogP contribution in [0.3, 0.4) is 0 Å². The zero-order valence-electron chi connectivity index (χ0n) is 9.15. The first-order valence-electron chi connectivity index (χ1n) is 4.82. The van der Waals surface area contributed by atoms with E-state index < -0.39 is 0 Å². The molecular weight excluding hydrogens is 206 g/mol. The molecule has 1 aromatic heterocycles.